The van der Waals surface area contributed by atoms with Gasteiger partial charge >= 0.3 is 72.6 Å². The SMILES string of the molecule is Nc1ccn([C@H]2CC[C@@H](COP(=O)([O-])OP(=O)([O-])OP(=O)(O)O)O2)c(=O)n1.[Na+].[Na+]. The Kier molecular flexibility index (Phi) is 12.2. The molecule has 4 atom stereocenters. The summed E-state index contributed by atoms with van der Waals surface area (Å²) < 4.78 is 50.7. The van der Waals surface area contributed by atoms with Crippen molar-refractivity contribution < 1.29 is 110 Å². The van der Waals surface area contributed by atoms with Crippen molar-refractivity contribution in [3.05, 3.63) is 22.7 Å². The van der Waals surface area contributed by atoms with E-state index in [1.807, 2.05) is 0 Å². The summed E-state index contributed by atoms with van der Waals surface area (Å²) in [5, 5.41) is 0. The van der Waals surface area contributed by atoms with Crippen LogP contribution in [0.3, 0.4) is 0 Å². The molecule has 0 spiro atoms. The number of ether oxygens (including phenoxy) is 1. The zero-order valence-electron chi connectivity index (χ0n) is 15.2. The van der Waals surface area contributed by atoms with Gasteiger partial charge in [-0.2, -0.15) is 4.98 Å². The quantitative estimate of drug-likeness (QED) is 0.225. The molecule has 1 aromatic heterocycles. The van der Waals surface area contributed by atoms with Crippen molar-refractivity contribution in [1.29, 1.82) is 0 Å². The minimum absolute atomic E-state index is 0. The number of aromatic nitrogens is 2. The van der Waals surface area contributed by atoms with Gasteiger partial charge in [0.25, 0.3) is 15.6 Å². The van der Waals surface area contributed by atoms with Crippen molar-refractivity contribution >= 4 is 29.3 Å². The van der Waals surface area contributed by atoms with Crippen LogP contribution in [0, 0.1) is 0 Å². The smallest absolute Gasteiger partial charge is 0.756 e. The Bertz CT molecular complexity index is 893. The number of rotatable bonds is 8. The zero-order valence-corrected chi connectivity index (χ0v) is 21.9. The monoisotopic (exact) mass is 495 g/mol. The molecule has 0 radical (unpaired) electrons. The minimum Gasteiger partial charge on any atom is -0.756 e. The Morgan fingerprint density at radius 1 is 1.21 bits per heavy atom. The predicted octanol–water partition coefficient (Wildman–Crippen LogP) is -7.41. The van der Waals surface area contributed by atoms with Gasteiger partial charge in [0.05, 0.1) is 12.7 Å². The van der Waals surface area contributed by atoms with Gasteiger partial charge in [-0.3, -0.25) is 13.7 Å². The minimum atomic E-state index is -5.89. The van der Waals surface area contributed by atoms with Crippen LogP contribution in [0.5, 0.6) is 0 Å². The fourth-order valence-electron chi connectivity index (χ4n) is 2.12. The maximum absolute atomic E-state index is 11.7. The van der Waals surface area contributed by atoms with Crippen LogP contribution in [0.2, 0.25) is 0 Å². The van der Waals surface area contributed by atoms with Crippen LogP contribution in [0.15, 0.2) is 17.1 Å². The molecule has 2 unspecified atom stereocenters. The van der Waals surface area contributed by atoms with Crippen LogP contribution in [0.25, 0.3) is 0 Å². The van der Waals surface area contributed by atoms with Crippen LogP contribution in [-0.2, 0) is 31.6 Å². The number of phosphoric ester groups is 1. The normalized spacial score (nSPS) is 23.3. The number of hydrogen-bond donors (Lipinski definition) is 3. The van der Waals surface area contributed by atoms with Gasteiger partial charge in [0.1, 0.15) is 12.0 Å². The third-order valence-corrected chi connectivity index (χ3v) is 6.79. The predicted molar refractivity (Wildman–Crippen MR) is 81.4 cm³/mol. The standard InChI is InChI=1S/C9H16N3O12P3.2Na/c10-7-3-4-12(9(13)11-7)8-2-1-6(22-8)5-21-26(17,18)24-27(19,20)23-25(14,15)16;;/h3-4,6,8H,1-2,5H2,(H,17,18)(H,19,20)(H2,10,11,13)(H2,14,15,16);;/q;2*+1/p-2/t6-,8+;;/m0../s1. The number of nitrogen functional groups attached to an aromatic ring is 1. The molecule has 15 nitrogen and oxygen atoms in total. The molecule has 0 aromatic carbocycles. The average Bonchev–Trinajstić information content (AvgIpc) is 2.90. The third kappa shape index (κ3) is 10.5. The summed E-state index contributed by atoms with van der Waals surface area (Å²) in [6, 6.07) is 1.36. The Morgan fingerprint density at radius 2 is 1.83 bits per heavy atom. The molecule has 0 bridgehead atoms. The van der Waals surface area contributed by atoms with Crippen molar-refractivity contribution in [2.75, 3.05) is 12.3 Å². The van der Waals surface area contributed by atoms with Gasteiger partial charge in [-0.1, -0.05) is 0 Å². The van der Waals surface area contributed by atoms with E-state index in [-0.39, 0.29) is 71.4 Å². The van der Waals surface area contributed by atoms with Gasteiger partial charge in [-0.05, 0) is 18.9 Å². The number of hydrogen-bond acceptors (Lipinski definition) is 12. The van der Waals surface area contributed by atoms with Crippen LogP contribution in [0.4, 0.5) is 5.82 Å². The van der Waals surface area contributed by atoms with Crippen LogP contribution in [-0.4, -0.2) is 32.0 Å². The van der Waals surface area contributed by atoms with Gasteiger partial charge in [-0.25, -0.2) is 18.0 Å². The molecule has 4 N–H and O–H groups in total. The fraction of sp³-hybridized carbons (Fsp3) is 0.556. The zero-order chi connectivity index (χ0) is 20.5. The molecule has 20 heteroatoms. The number of anilines is 1. The van der Waals surface area contributed by atoms with Crippen molar-refractivity contribution in [2.24, 2.45) is 0 Å². The summed E-state index contributed by atoms with van der Waals surface area (Å²) in [5.74, 6) is 0.0122. The molecule has 0 amide bonds. The fourth-order valence-corrected chi connectivity index (χ4v) is 5.07. The number of nitrogens with zero attached hydrogens (tertiary/aromatic N) is 2. The van der Waals surface area contributed by atoms with E-state index in [0.29, 0.717) is 6.42 Å². The van der Waals surface area contributed by atoms with E-state index in [4.69, 9.17) is 20.3 Å². The maximum atomic E-state index is 11.7. The van der Waals surface area contributed by atoms with E-state index < -0.39 is 48.1 Å². The second kappa shape index (κ2) is 11.8. The van der Waals surface area contributed by atoms with E-state index in [1.54, 1.807) is 0 Å². The molecule has 1 aromatic rings. The molecule has 154 valence electrons. The second-order valence-corrected chi connectivity index (χ2v) is 9.51. The Balaban J connectivity index is 0.00000392. The van der Waals surface area contributed by atoms with Crippen LogP contribution < -0.4 is 80.3 Å². The first-order chi connectivity index (χ1) is 12.3. The van der Waals surface area contributed by atoms with Gasteiger partial charge in [0.15, 0.2) is 0 Å². The number of phosphoric acid groups is 3. The average molecular weight is 495 g/mol. The summed E-state index contributed by atoms with van der Waals surface area (Å²) in [6.45, 7) is -0.676. The van der Waals surface area contributed by atoms with Gasteiger partial charge in [0.2, 0.25) is 0 Å². The topological polar surface area (TPSA) is 236 Å². The van der Waals surface area contributed by atoms with Crippen molar-refractivity contribution in [3.63, 3.8) is 0 Å². The first kappa shape index (κ1) is 30.0. The Labute approximate surface area is 208 Å². The van der Waals surface area contributed by atoms with Crippen molar-refractivity contribution in [3.8, 4) is 0 Å². The van der Waals surface area contributed by atoms with Crippen LogP contribution >= 0.6 is 23.5 Å². The molecule has 2 rings (SSSR count). The van der Waals surface area contributed by atoms with E-state index in [1.165, 1.54) is 12.3 Å². The van der Waals surface area contributed by atoms with Gasteiger partial charge in [0, 0.05) is 6.20 Å². The summed E-state index contributed by atoms with van der Waals surface area (Å²) in [5.41, 5.74) is 4.69. The molecule has 1 aliphatic rings. The van der Waals surface area contributed by atoms with Crippen molar-refractivity contribution in [2.45, 2.75) is 25.2 Å². The maximum Gasteiger partial charge on any atom is 1.00 e. The molecule has 0 aliphatic carbocycles. The van der Waals surface area contributed by atoms with Crippen molar-refractivity contribution in [1.82, 2.24) is 9.55 Å². The third-order valence-electron chi connectivity index (χ3n) is 3.07. The first-order valence-electron chi connectivity index (χ1n) is 7.01. The molecular weight excluding hydrogens is 481 g/mol. The largest absolute Gasteiger partial charge is 1.00 e. The molecule has 0 saturated carbocycles. The molecule has 29 heavy (non-hydrogen) atoms. The van der Waals surface area contributed by atoms with E-state index >= 15 is 0 Å². The summed E-state index contributed by atoms with van der Waals surface area (Å²) >= 11 is 0. The second-order valence-electron chi connectivity index (χ2n) is 5.18. The Hall–Kier alpha value is 1.05. The molecule has 1 saturated heterocycles. The van der Waals surface area contributed by atoms with Gasteiger partial charge in [-0.15, -0.1) is 0 Å². The molecule has 2 heterocycles. The Morgan fingerprint density at radius 3 is 2.38 bits per heavy atom. The molecule has 1 aliphatic heterocycles. The molecular formula is C9H14N3Na2O12P3. The van der Waals surface area contributed by atoms with E-state index in [0.717, 1.165) is 4.57 Å². The summed E-state index contributed by atoms with van der Waals surface area (Å²) in [4.78, 5) is 54.6. The summed E-state index contributed by atoms with van der Waals surface area (Å²) in [7, 11) is -17.0. The first-order valence-corrected chi connectivity index (χ1v) is 11.5. The number of nitrogens with two attached hydrogens (primary N) is 1. The van der Waals surface area contributed by atoms with E-state index in [9.17, 15) is 28.3 Å². The molecule has 1 fully saturated rings. The van der Waals surface area contributed by atoms with Gasteiger partial charge < -0.3 is 34.6 Å². The van der Waals surface area contributed by atoms with Crippen LogP contribution in [0.1, 0.15) is 19.1 Å². The summed E-state index contributed by atoms with van der Waals surface area (Å²) in [6.07, 6.45) is 0.266. The van der Waals surface area contributed by atoms with E-state index in [2.05, 4.69) is 18.1 Å².